The molecule has 0 bridgehead atoms. The van der Waals surface area contributed by atoms with E-state index in [9.17, 15) is 4.79 Å². The molecule has 0 saturated carbocycles. The molecule has 13 heavy (non-hydrogen) atoms. The summed E-state index contributed by atoms with van der Waals surface area (Å²) in [6.07, 6.45) is 4.58. The fourth-order valence-corrected chi connectivity index (χ4v) is 1.57. The van der Waals surface area contributed by atoms with E-state index in [1.54, 1.807) is 13.0 Å². The first-order chi connectivity index (χ1) is 6.17. The summed E-state index contributed by atoms with van der Waals surface area (Å²) in [6.45, 7) is 3.86. The first-order valence-electron chi connectivity index (χ1n) is 4.30. The van der Waals surface area contributed by atoms with Crippen LogP contribution in [0.1, 0.15) is 33.1 Å². The minimum absolute atomic E-state index is 0.241. The van der Waals surface area contributed by atoms with Gasteiger partial charge in [-0.2, -0.15) is 0 Å². The third-order valence-corrected chi connectivity index (χ3v) is 2.51. The average molecular weight is 270 g/mol. The van der Waals surface area contributed by atoms with E-state index in [0.717, 1.165) is 19.3 Å². The van der Waals surface area contributed by atoms with Gasteiger partial charge in [0.2, 0.25) is 0 Å². The van der Waals surface area contributed by atoms with Crippen molar-refractivity contribution in [1.29, 1.82) is 0 Å². The number of rotatable bonds is 5. The van der Waals surface area contributed by atoms with Crippen LogP contribution < -0.4 is 0 Å². The normalized spacial score (nSPS) is 14.0. The Labute approximate surface area is 92.7 Å². The van der Waals surface area contributed by atoms with Gasteiger partial charge in [-0.1, -0.05) is 25.8 Å². The van der Waals surface area contributed by atoms with Gasteiger partial charge in [-0.3, -0.25) is 0 Å². The van der Waals surface area contributed by atoms with Crippen LogP contribution in [0, 0.1) is 0 Å². The molecular formula is C9H14BrClO2. The van der Waals surface area contributed by atoms with Crippen molar-refractivity contribution in [3.05, 3.63) is 11.6 Å². The molecular weight excluding hydrogens is 255 g/mol. The van der Waals surface area contributed by atoms with Crippen molar-refractivity contribution in [1.82, 2.24) is 0 Å². The molecule has 1 unspecified atom stereocenters. The zero-order valence-electron chi connectivity index (χ0n) is 7.85. The van der Waals surface area contributed by atoms with Crippen LogP contribution in [0.25, 0.3) is 0 Å². The predicted molar refractivity (Wildman–Crippen MR) is 57.9 cm³/mol. The van der Waals surface area contributed by atoms with E-state index in [1.165, 1.54) is 0 Å². The summed E-state index contributed by atoms with van der Waals surface area (Å²) in [6, 6.07) is 0. The van der Waals surface area contributed by atoms with Crippen LogP contribution in [0.15, 0.2) is 11.6 Å². The van der Waals surface area contributed by atoms with Crippen molar-refractivity contribution < 1.29 is 8.62 Å². The van der Waals surface area contributed by atoms with Gasteiger partial charge in [0.05, 0.1) is 11.0 Å². The molecule has 0 aromatic heterocycles. The highest BCUT2D eigenvalue weighted by atomic mass is 79.9. The molecule has 0 aromatic carbocycles. The van der Waals surface area contributed by atoms with Gasteiger partial charge < -0.3 is 3.83 Å². The second-order valence-electron chi connectivity index (χ2n) is 2.72. The van der Waals surface area contributed by atoms with Crippen LogP contribution >= 0.6 is 27.9 Å². The second kappa shape index (κ2) is 7.39. The van der Waals surface area contributed by atoms with Crippen LogP contribution in [0.4, 0.5) is 0 Å². The molecule has 0 aromatic rings. The monoisotopic (exact) mass is 268 g/mol. The van der Waals surface area contributed by atoms with Gasteiger partial charge in [0, 0.05) is 0 Å². The Morgan fingerprint density at radius 3 is 2.69 bits per heavy atom. The van der Waals surface area contributed by atoms with Crippen molar-refractivity contribution in [2.75, 3.05) is 0 Å². The summed E-state index contributed by atoms with van der Waals surface area (Å²) in [4.78, 5) is 11.1. The number of carbonyl (C=O) groups is 1. The molecule has 1 atom stereocenters. The van der Waals surface area contributed by atoms with E-state index in [2.05, 4.69) is 27.0 Å². The van der Waals surface area contributed by atoms with Gasteiger partial charge in [0.25, 0.3) is 0 Å². The Hall–Kier alpha value is -0.0200. The quantitative estimate of drug-likeness (QED) is 0.563. The van der Waals surface area contributed by atoms with Gasteiger partial charge in [0.1, 0.15) is 0 Å². The minimum Gasteiger partial charge on any atom is -0.380 e. The van der Waals surface area contributed by atoms with Crippen LogP contribution in [-0.2, 0) is 8.62 Å². The molecule has 0 radical (unpaired) electrons. The second-order valence-corrected chi connectivity index (χ2v) is 3.57. The molecule has 0 fully saturated rings. The molecule has 2 nitrogen and oxygen atoms in total. The van der Waals surface area contributed by atoms with E-state index in [1.807, 2.05) is 0 Å². The topological polar surface area (TPSA) is 26.3 Å². The maximum Gasteiger partial charge on any atom is 0.346 e. The zero-order chi connectivity index (χ0) is 10.3. The SMILES string of the molecule is CC=C(C(=O)OBr)C(Cl)CCCC. The molecule has 0 heterocycles. The van der Waals surface area contributed by atoms with Gasteiger partial charge >= 0.3 is 5.97 Å². The van der Waals surface area contributed by atoms with Gasteiger partial charge in [-0.05, 0) is 13.3 Å². The minimum atomic E-state index is -0.404. The summed E-state index contributed by atoms with van der Waals surface area (Å²) in [5.74, 6) is -0.404. The average Bonchev–Trinajstić information content (AvgIpc) is 2.15. The summed E-state index contributed by atoms with van der Waals surface area (Å²) in [5, 5.41) is -0.241. The summed E-state index contributed by atoms with van der Waals surface area (Å²) < 4.78 is 4.43. The number of hydrogen-bond donors (Lipinski definition) is 0. The van der Waals surface area contributed by atoms with Crippen LogP contribution in [0.2, 0.25) is 0 Å². The summed E-state index contributed by atoms with van der Waals surface area (Å²) in [7, 11) is 0. The van der Waals surface area contributed by atoms with Crippen LogP contribution in [0.3, 0.4) is 0 Å². The van der Waals surface area contributed by atoms with Crippen LogP contribution in [-0.4, -0.2) is 11.3 Å². The van der Waals surface area contributed by atoms with E-state index >= 15 is 0 Å². The Balaban J connectivity index is 4.16. The predicted octanol–water partition coefficient (Wildman–Crippen LogP) is 3.58. The number of hydrogen-bond acceptors (Lipinski definition) is 2. The van der Waals surface area contributed by atoms with Gasteiger partial charge in [0.15, 0.2) is 16.3 Å². The molecule has 0 amide bonds. The van der Waals surface area contributed by atoms with E-state index in [4.69, 9.17) is 11.6 Å². The van der Waals surface area contributed by atoms with Crippen molar-refractivity contribution in [3.8, 4) is 0 Å². The highest BCUT2D eigenvalue weighted by Gasteiger charge is 2.18. The Morgan fingerprint density at radius 2 is 2.31 bits per heavy atom. The van der Waals surface area contributed by atoms with Crippen molar-refractivity contribution in [3.63, 3.8) is 0 Å². The number of alkyl halides is 1. The Bertz CT molecular complexity index is 192. The van der Waals surface area contributed by atoms with Crippen molar-refractivity contribution >= 4 is 33.8 Å². The maximum absolute atomic E-state index is 11.1. The number of unbranched alkanes of at least 4 members (excludes halogenated alkanes) is 1. The fraction of sp³-hybridized carbons (Fsp3) is 0.667. The zero-order valence-corrected chi connectivity index (χ0v) is 10.2. The molecule has 0 aliphatic carbocycles. The molecule has 76 valence electrons. The molecule has 0 N–H and O–H groups in total. The first kappa shape index (κ1) is 13.0. The van der Waals surface area contributed by atoms with Crippen molar-refractivity contribution in [2.24, 2.45) is 0 Å². The largest absolute Gasteiger partial charge is 0.380 e. The molecule has 0 aliphatic rings. The smallest absolute Gasteiger partial charge is 0.346 e. The molecule has 0 saturated heterocycles. The van der Waals surface area contributed by atoms with Gasteiger partial charge in [-0.15, -0.1) is 11.6 Å². The molecule has 4 heteroatoms. The Morgan fingerprint density at radius 1 is 1.69 bits per heavy atom. The summed E-state index contributed by atoms with van der Waals surface area (Å²) >= 11 is 8.65. The van der Waals surface area contributed by atoms with Gasteiger partial charge in [-0.25, -0.2) is 4.79 Å². The lowest BCUT2D eigenvalue weighted by Gasteiger charge is -2.09. The van der Waals surface area contributed by atoms with Crippen molar-refractivity contribution in [2.45, 2.75) is 38.5 Å². The van der Waals surface area contributed by atoms with E-state index in [0.29, 0.717) is 5.57 Å². The lowest BCUT2D eigenvalue weighted by molar-refractivity contribution is -0.128. The fourth-order valence-electron chi connectivity index (χ4n) is 1.01. The number of carbonyl (C=O) groups excluding carboxylic acids is 1. The standard InChI is InChI=1S/C9H14BrClO2/c1-3-5-6-8(11)7(4-2)9(12)13-10/h4,8H,3,5-6H2,1-2H3. The molecule has 0 spiro atoms. The molecule has 0 aliphatic heterocycles. The highest BCUT2D eigenvalue weighted by Crippen LogP contribution is 2.18. The van der Waals surface area contributed by atoms with Crippen LogP contribution in [0.5, 0.6) is 0 Å². The first-order valence-corrected chi connectivity index (χ1v) is 5.38. The maximum atomic E-state index is 11.1. The van der Waals surface area contributed by atoms with E-state index < -0.39 is 5.97 Å². The third kappa shape index (κ3) is 4.67. The van der Waals surface area contributed by atoms with E-state index in [-0.39, 0.29) is 5.38 Å². The lowest BCUT2D eigenvalue weighted by Crippen LogP contribution is -2.13. The lowest BCUT2D eigenvalue weighted by atomic mass is 10.1. The molecule has 0 rings (SSSR count). The Kier molecular flexibility index (Phi) is 7.38. The summed E-state index contributed by atoms with van der Waals surface area (Å²) in [5.41, 5.74) is 0.520. The third-order valence-electron chi connectivity index (χ3n) is 1.77. The number of allylic oxidation sites excluding steroid dienone is 1. The highest BCUT2D eigenvalue weighted by molar-refractivity contribution is 9.06. The number of halogens is 2.